The van der Waals surface area contributed by atoms with Gasteiger partial charge in [-0.1, -0.05) is 0 Å². The molecule has 0 saturated carbocycles. The summed E-state index contributed by atoms with van der Waals surface area (Å²) in [7, 11) is 1.11. The second kappa shape index (κ2) is 5.53. The van der Waals surface area contributed by atoms with Crippen molar-refractivity contribution in [1.82, 2.24) is 0 Å². The molecule has 3 rings (SSSR count). The summed E-state index contributed by atoms with van der Waals surface area (Å²) in [5.74, 6) is 0.873. The Labute approximate surface area is 138 Å². The van der Waals surface area contributed by atoms with Gasteiger partial charge in [0.1, 0.15) is 5.75 Å². The summed E-state index contributed by atoms with van der Waals surface area (Å²) in [4.78, 5) is 14.0. The smallest absolute Gasteiger partial charge is 0.497 e. The van der Waals surface area contributed by atoms with Crippen molar-refractivity contribution in [2.24, 2.45) is 0 Å². The van der Waals surface area contributed by atoms with Crippen LogP contribution in [0.3, 0.4) is 0 Å². The fourth-order valence-electron chi connectivity index (χ4n) is 2.97. The lowest BCUT2D eigenvalue weighted by Crippen LogP contribution is -2.41. The third-order valence-electron chi connectivity index (χ3n) is 5.11. The number of rotatable bonds is 3. The largest absolute Gasteiger partial charge is 0.497 e. The maximum absolute atomic E-state index is 12.2. The number of anilines is 1. The zero-order chi connectivity index (χ0) is 16.8. The third kappa shape index (κ3) is 2.74. The SMILES string of the molecule is COc1ccc(N2CCCC2=O)c(B2OC(C)(C)C(C)(C)O2)c1. The molecule has 2 aliphatic rings. The molecule has 23 heavy (non-hydrogen) atoms. The van der Waals surface area contributed by atoms with E-state index in [1.165, 1.54) is 0 Å². The van der Waals surface area contributed by atoms with Crippen LogP contribution in [0.5, 0.6) is 5.75 Å². The van der Waals surface area contributed by atoms with Gasteiger partial charge in [0, 0.05) is 24.1 Å². The van der Waals surface area contributed by atoms with E-state index in [0.29, 0.717) is 6.42 Å². The number of hydrogen-bond donors (Lipinski definition) is 0. The summed E-state index contributed by atoms with van der Waals surface area (Å²) >= 11 is 0. The standard InChI is InChI=1S/C17H24BNO4/c1-16(2)17(3,4)23-18(22-16)13-11-12(21-5)8-9-14(13)19-10-6-7-15(19)20/h8-9,11H,6-7,10H2,1-5H3. The third-order valence-corrected chi connectivity index (χ3v) is 5.11. The second-order valence-corrected chi connectivity index (χ2v) is 7.16. The van der Waals surface area contributed by atoms with E-state index < -0.39 is 18.3 Å². The molecule has 1 aromatic carbocycles. The Morgan fingerprint density at radius 3 is 2.35 bits per heavy atom. The topological polar surface area (TPSA) is 48.0 Å². The van der Waals surface area contributed by atoms with Gasteiger partial charge in [0.15, 0.2) is 0 Å². The lowest BCUT2D eigenvalue weighted by atomic mass is 9.77. The number of nitrogens with zero attached hydrogens (tertiary/aromatic N) is 1. The molecule has 0 aliphatic carbocycles. The van der Waals surface area contributed by atoms with Gasteiger partial charge < -0.3 is 18.9 Å². The van der Waals surface area contributed by atoms with E-state index in [1.807, 2.05) is 50.8 Å². The first kappa shape index (κ1) is 16.3. The zero-order valence-corrected chi connectivity index (χ0v) is 14.5. The van der Waals surface area contributed by atoms with Crippen LogP contribution in [0, 0.1) is 0 Å². The maximum atomic E-state index is 12.2. The molecule has 0 spiro atoms. The molecular weight excluding hydrogens is 293 g/mol. The van der Waals surface area contributed by atoms with Crippen LogP contribution in [0.25, 0.3) is 0 Å². The molecular formula is C17H24BNO4. The lowest BCUT2D eigenvalue weighted by molar-refractivity contribution is -0.117. The van der Waals surface area contributed by atoms with Crippen molar-refractivity contribution in [2.75, 3.05) is 18.6 Å². The van der Waals surface area contributed by atoms with Gasteiger partial charge in [0.05, 0.1) is 18.3 Å². The van der Waals surface area contributed by atoms with Crippen molar-refractivity contribution in [1.29, 1.82) is 0 Å². The average molecular weight is 317 g/mol. The number of ether oxygens (including phenoxy) is 1. The Kier molecular flexibility index (Phi) is 3.93. The Balaban J connectivity index is 2.02. The predicted molar refractivity (Wildman–Crippen MR) is 90.3 cm³/mol. The highest BCUT2D eigenvalue weighted by Gasteiger charge is 2.52. The summed E-state index contributed by atoms with van der Waals surface area (Å²) in [6.45, 7) is 8.82. The van der Waals surface area contributed by atoms with E-state index in [1.54, 1.807) is 7.11 Å². The summed E-state index contributed by atoms with van der Waals surface area (Å²) in [6.07, 6.45) is 1.47. The molecule has 0 radical (unpaired) electrons. The number of benzene rings is 1. The predicted octanol–water partition coefficient (Wildman–Crippen LogP) is 2.12. The summed E-state index contributed by atoms with van der Waals surface area (Å²) in [5.41, 5.74) is 0.852. The highest BCUT2D eigenvalue weighted by molar-refractivity contribution is 6.64. The van der Waals surface area contributed by atoms with Crippen molar-refractivity contribution < 1.29 is 18.8 Å². The highest BCUT2D eigenvalue weighted by Crippen LogP contribution is 2.37. The van der Waals surface area contributed by atoms with Gasteiger partial charge >= 0.3 is 7.12 Å². The Bertz CT molecular complexity index is 613. The van der Waals surface area contributed by atoms with E-state index in [2.05, 4.69) is 0 Å². The van der Waals surface area contributed by atoms with Crippen LogP contribution >= 0.6 is 0 Å². The first-order valence-electron chi connectivity index (χ1n) is 8.09. The van der Waals surface area contributed by atoms with E-state index >= 15 is 0 Å². The van der Waals surface area contributed by atoms with Crippen LogP contribution in [0.4, 0.5) is 5.69 Å². The first-order chi connectivity index (χ1) is 10.7. The molecule has 0 aromatic heterocycles. The maximum Gasteiger partial charge on any atom is 0.497 e. The van der Waals surface area contributed by atoms with Gasteiger partial charge in [-0.15, -0.1) is 0 Å². The van der Waals surface area contributed by atoms with Crippen LogP contribution in [0.1, 0.15) is 40.5 Å². The van der Waals surface area contributed by atoms with Gasteiger partial charge in [-0.25, -0.2) is 0 Å². The van der Waals surface area contributed by atoms with E-state index in [0.717, 1.165) is 29.9 Å². The van der Waals surface area contributed by atoms with Gasteiger partial charge in [0.25, 0.3) is 0 Å². The summed E-state index contributed by atoms with van der Waals surface area (Å²) in [5, 5.41) is 0. The minimum atomic E-state index is -0.515. The van der Waals surface area contributed by atoms with Crippen LogP contribution in [0.15, 0.2) is 18.2 Å². The minimum absolute atomic E-state index is 0.146. The Morgan fingerprint density at radius 1 is 1.17 bits per heavy atom. The Morgan fingerprint density at radius 2 is 1.83 bits per heavy atom. The van der Waals surface area contributed by atoms with E-state index in [-0.39, 0.29) is 5.91 Å². The molecule has 2 aliphatic heterocycles. The number of methoxy groups -OCH3 is 1. The fraction of sp³-hybridized carbons (Fsp3) is 0.588. The highest BCUT2D eigenvalue weighted by atomic mass is 16.7. The molecule has 1 amide bonds. The van der Waals surface area contributed by atoms with Gasteiger partial charge in [-0.3, -0.25) is 4.79 Å². The van der Waals surface area contributed by atoms with Crippen molar-refractivity contribution in [3.8, 4) is 5.75 Å². The molecule has 2 saturated heterocycles. The van der Waals surface area contributed by atoms with Crippen molar-refractivity contribution >= 4 is 24.2 Å². The molecule has 6 heteroatoms. The number of carbonyl (C=O) groups is 1. The van der Waals surface area contributed by atoms with E-state index in [4.69, 9.17) is 14.0 Å². The number of carbonyl (C=O) groups excluding carboxylic acids is 1. The quantitative estimate of drug-likeness (QED) is 0.801. The number of amides is 1. The molecule has 0 bridgehead atoms. The van der Waals surface area contributed by atoms with Crippen molar-refractivity contribution in [3.05, 3.63) is 18.2 Å². The minimum Gasteiger partial charge on any atom is -0.497 e. The van der Waals surface area contributed by atoms with Gasteiger partial charge in [-0.2, -0.15) is 0 Å². The van der Waals surface area contributed by atoms with E-state index in [9.17, 15) is 4.79 Å². The van der Waals surface area contributed by atoms with Crippen LogP contribution in [-0.4, -0.2) is 37.9 Å². The second-order valence-electron chi connectivity index (χ2n) is 7.16. The van der Waals surface area contributed by atoms with Crippen LogP contribution < -0.4 is 15.1 Å². The lowest BCUT2D eigenvalue weighted by Gasteiger charge is -2.32. The normalized spacial score (nSPS) is 22.7. The summed E-state index contributed by atoms with van der Waals surface area (Å²) in [6, 6.07) is 5.70. The van der Waals surface area contributed by atoms with Gasteiger partial charge in [0.2, 0.25) is 5.91 Å². The zero-order valence-electron chi connectivity index (χ0n) is 14.5. The van der Waals surface area contributed by atoms with Crippen molar-refractivity contribution in [3.63, 3.8) is 0 Å². The molecule has 1 aromatic rings. The van der Waals surface area contributed by atoms with Crippen molar-refractivity contribution in [2.45, 2.75) is 51.7 Å². The molecule has 0 N–H and O–H groups in total. The average Bonchev–Trinajstić information content (AvgIpc) is 2.99. The van der Waals surface area contributed by atoms with Gasteiger partial charge in [-0.05, 0) is 52.3 Å². The molecule has 5 nitrogen and oxygen atoms in total. The number of hydrogen-bond acceptors (Lipinski definition) is 4. The monoisotopic (exact) mass is 317 g/mol. The fourth-order valence-corrected chi connectivity index (χ4v) is 2.97. The summed E-state index contributed by atoms with van der Waals surface area (Å²) < 4.78 is 17.7. The van der Waals surface area contributed by atoms with Crippen LogP contribution in [-0.2, 0) is 14.1 Å². The molecule has 0 atom stereocenters. The molecule has 0 unspecified atom stereocenters. The van der Waals surface area contributed by atoms with Crippen LogP contribution in [0.2, 0.25) is 0 Å². The first-order valence-corrected chi connectivity index (χ1v) is 8.09. The molecule has 2 fully saturated rings. The molecule has 124 valence electrons. The molecule has 2 heterocycles. The Hall–Kier alpha value is -1.53.